The zero-order valence-corrected chi connectivity index (χ0v) is 17.0. The number of nitrogens with zero attached hydrogens (tertiary/aromatic N) is 2. The van der Waals surface area contributed by atoms with Crippen molar-refractivity contribution in [3.8, 4) is 0 Å². The molecule has 0 unspecified atom stereocenters. The van der Waals surface area contributed by atoms with Gasteiger partial charge >= 0.3 is 0 Å². The quantitative estimate of drug-likeness (QED) is 0.365. The van der Waals surface area contributed by atoms with Gasteiger partial charge in [0.15, 0.2) is 0 Å². The first kappa shape index (κ1) is 20.6. The van der Waals surface area contributed by atoms with Gasteiger partial charge in [-0.25, -0.2) is 13.6 Å². The highest BCUT2D eigenvalue weighted by atomic mass is 32.2. The first-order valence-corrected chi connectivity index (χ1v) is 10.6. The Bertz CT molecular complexity index is 1090. The molecule has 0 saturated carbocycles. The molecule has 2 aromatic carbocycles. The van der Waals surface area contributed by atoms with E-state index in [9.17, 15) is 13.2 Å². The lowest BCUT2D eigenvalue weighted by molar-refractivity contribution is -0.114. The number of nitrogens with one attached hydrogen (secondary N) is 2. The van der Waals surface area contributed by atoms with Crippen LogP contribution < -0.4 is 20.8 Å². The molecule has 152 valence electrons. The molecule has 1 amide bonds. The second kappa shape index (κ2) is 8.46. The smallest absolute Gasteiger partial charge is 0.282 e. The van der Waals surface area contributed by atoms with Gasteiger partial charge in [-0.2, -0.15) is 10.1 Å². The van der Waals surface area contributed by atoms with Crippen LogP contribution in [0.15, 0.2) is 70.3 Å². The Morgan fingerprint density at radius 2 is 1.93 bits per heavy atom. The maximum Gasteiger partial charge on any atom is 0.282 e. The number of anilines is 2. The molecular weight excluding hydrogens is 390 g/mol. The van der Waals surface area contributed by atoms with Crippen molar-refractivity contribution in [1.29, 1.82) is 0 Å². The normalized spacial score (nSPS) is 15.6. The van der Waals surface area contributed by atoms with Gasteiger partial charge in [-0.05, 0) is 43.2 Å². The molecule has 1 aliphatic heterocycles. The first-order chi connectivity index (χ1) is 13.8. The van der Waals surface area contributed by atoms with E-state index < -0.39 is 10.0 Å². The average Bonchev–Trinajstić information content (AvgIpc) is 2.99. The molecule has 0 aromatic heterocycles. The number of amides is 1. The molecule has 1 heterocycles. The molecule has 8 nitrogen and oxygen atoms in total. The Hall–Kier alpha value is -3.17. The van der Waals surface area contributed by atoms with Gasteiger partial charge in [0.05, 0.1) is 28.5 Å². The van der Waals surface area contributed by atoms with Gasteiger partial charge in [0.2, 0.25) is 10.0 Å². The Morgan fingerprint density at radius 1 is 1.17 bits per heavy atom. The van der Waals surface area contributed by atoms with Crippen molar-refractivity contribution in [3.63, 3.8) is 0 Å². The van der Waals surface area contributed by atoms with Crippen LogP contribution in [0.1, 0.15) is 19.4 Å². The largest absolute Gasteiger partial charge is 0.373 e. The fourth-order valence-corrected chi connectivity index (χ4v) is 3.51. The average molecular weight is 414 g/mol. The van der Waals surface area contributed by atoms with Crippen LogP contribution in [0.2, 0.25) is 0 Å². The predicted molar refractivity (Wildman–Crippen MR) is 114 cm³/mol. The third kappa shape index (κ3) is 4.64. The lowest BCUT2D eigenvalue weighted by Gasteiger charge is -2.13. The maximum absolute atomic E-state index is 12.7. The zero-order valence-electron chi connectivity index (χ0n) is 16.2. The number of benzene rings is 2. The molecule has 3 rings (SSSR count). The Kier molecular flexibility index (Phi) is 6.00. The number of hydrazone groups is 1. The van der Waals surface area contributed by atoms with Crippen LogP contribution in [-0.2, 0) is 21.2 Å². The third-order valence-corrected chi connectivity index (χ3v) is 5.39. The summed E-state index contributed by atoms with van der Waals surface area (Å²) in [6.07, 6.45) is 2.52. The number of rotatable bonds is 7. The van der Waals surface area contributed by atoms with Crippen molar-refractivity contribution >= 4 is 33.0 Å². The van der Waals surface area contributed by atoms with Crippen LogP contribution in [0.4, 0.5) is 11.4 Å². The summed E-state index contributed by atoms with van der Waals surface area (Å²) in [4.78, 5) is 12.7. The summed E-state index contributed by atoms with van der Waals surface area (Å²) in [5, 5.41) is 16.9. The molecule has 9 heteroatoms. The van der Waals surface area contributed by atoms with Gasteiger partial charge in [0, 0.05) is 11.9 Å². The number of sulfonamides is 1. The molecule has 0 bridgehead atoms. The van der Waals surface area contributed by atoms with E-state index in [0.717, 1.165) is 17.1 Å². The highest BCUT2D eigenvalue weighted by molar-refractivity contribution is 7.89. The molecule has 0 saturated heterocycles. The van der Waals surface area contributed by atoms with Gasteiger partial charge in [-0.15, -0.1) is 0 Å². The van der Waals surface area contributed by atoms with Crippen molar-refractivity contribution in [2.45, 2.75) is 25.2 Å². The van der Waals surface area contributed by atoms with E-state index in [2.05, 4.69) is 28.7 Å². The van der Waals surface area contributed by atoms with E-state index in [1.807, 2.05) is 18.2 Å². The van der Waals surface area contributed by atoms with Crippen molar-refractivity contribution < 1.29 is 13.2 Å². The molecule has 0 radical (unpaired) electrons. The van der Waals surface area contributed by atoms with Crippen molar-refractivity contribution in [1.82, 2.24) is 5.32 Å². The lowest BCUT2D eigenvalue weighted by Crippen LogP contribution is -2.24. The minimum Gasteiger partial charge on any atom is -0.373 e. The van der Waals surface area contributed by atoms with Crippen LogP contribution in [0.5, 0.6) is 0 Å². The summed E-state index contributed by atoms with van der Waals surface area (Å²) in [6.45, 7) is 4.24. The molecule has 1 aliphatic rings. The molecule has 29 heavy (non-hydrogen) atoms. The molecule has 2 aromatic rings. The zero-order chi connectivity index (χ0) is 21.0. The number of nitrogens with two attached hydrogens (primary N) is 1. The Labute approximate surface area is 170 Å². The summed E-state index contributed by atoms with van der Waals surface area (Å²) in [7, 11) is -3.87. The summed E-state index contributed by atoms with van der Waals surface area (Å²) in [6, 6.07) is 13.8. The lowest BCUT2D eigenvalue weighted by atomic mass is 10.1. The second-order valence-corrected chi connectivity index (χ2v) is 8.03. The molecule has 0 fully saturated rings. The van der Waals surface area contributed by atoms with Gasteiger partial charge in [0.25, 0.3) is 5.91 Å². The summed E-state index contributed by atoms with van der Waals surface area (Å²) in [5.41, 5.74) is 3.50. The molecule has 0 aliphatic carbocycles. The Morgan fingerprint density at radius 3 is 2.66 bits per heavy atom. The molecular formula is C20H23N5O3S. The van der Waals surface area contributed by atoms with Crippen LogP contribution >= 0.6 is 0 Å². The monoisotopic (exact) mass is 413 g/mol. The molecule has 4 N–H and O–H groups in total. The van der Waals surface area contributed by atoms with E-state index in [1.165, 1.54) is 23.8 Å². The third-order valence-electron chi connectivity index (χ3n) is 4.48. The number of carbonyl (C=O) groups excluding carboxylic acids is 1. The number of hydrogen-bond donors (Lipinski definition) is 3. The fourth-order valence-electron chi connectivity index (χ4n) is 2.95. The number of aryl methyl sites for hydroxylation is 1. The topological polar surface area (TPSA) is 117 Å². The number of primary sulfonamides is 1. The van der Waals surface area contributed by atoms with Crippen molar-refractivity contribution in [2.75, 3.05) is 17.0 Å². The van der Waals surface area contributed by atoms with E-state index in [0.29, 0.717) is 23.6 Å². The molecule has 0 atom stereocenters. The Balaban J connectivity index is 1.70. The standard InChI is InChI=1S/C20H23N5O3S/c1-3-15-7-4-5-10-19(15)23-13-22-12-18-14(2)24-25(20(18)26)16-8-6-9-17(11-16)29(21,27)28/h4-12,22-23H,3,13H2,1-2H3,(H2,21,27,28). The minimum atomic E-state index is -3.87. The highest BCUT2D eigenvalue weighted by Crippen LogP contribution is 2.25. The van der Waals surface area contributed by atoms with Crippen LogP contribution in [0.3, 0.4) is 0 Å². The highest BCUT2D eigenvalue weighted by Gasteiger charge is 2.29. The van der Waals surface area contributed by atoms with Gasteiger partial charge < -0.3 is 10.6 Å². The van der Waals surface area contributed by atoms with Gasteiger partial charge in [0.1, 0.15) is 0 Å². The molecule has 0 spiro atoms. The van der Waals surface area contributed by atoms with Crippen LogP contribution in [0.25, 0.3) is 0 Å². The van der Waals surface area contributed by atoms with Gasteiger partial charge in [-0.1, -0.05) is 31.2 Å². The number of para-hydroxylation sites is 1. The summed E-state index contributed by atoms with van der Waals surface area (Å²) < 4.78 is 23.1. The van der Waals surface area contributed by atoms with Crippen LogP contribution in [0, 0.1) is 0 Å². The first-order valence-electron chi connectivity index (χ1n) is 9.09. The second-order valence-electron chi connectivity index (χ2n) is 6.47. The number of carbonyl (C=O) groups is 1. The van der Waals surface area contributed by atoms with E-state index in [4.69, 9.17) is 5.14 Å². The predicted octanol–water partition coefficient (Wildman–Crippen LogP) is 2.16. The maximum atomic E-state index is 12.7. The summed E-state index contributed by atoms with van der Waals surface area (Å²) >= 11 is 0. The van der Waals surface area contributed by atoms with Crippen LogP contribution in [-0.4, -0.2) is 26.7 Å². The SMILES string of the molecule is CCc1ccccc1NCNC=C1C(=O)N(c2cccc(S(N)(=O)=O)c2)N=C1C. The van der Waals surface area contributed by atoms with E-state index in [1.54, 1.807) is 19.2 Å². The van der Waals surface area contributed by atoms with E-state index in [-0.39, 0.29) is 10.8 Å². The van der Waals surface area contributed by atoms with Crippen molar-refractivity contribution in [3.05, 3.63) is 65.9 Å². The number of hydrogen-bond acceptors (Lipinski definition) is 6. The van der Waals surface area contributed by atoms with Crippen molar-refractivity contribution in [2.24, 2.45) is 10.2 Å². The fraction of sp³-hybridized carbons (Fsp3) is 0.200. The van der Waals surface area contributed by atoms with Gasteiger partial charge in [-0.3, -0.25) is 4.79 Å². The minimum absolute atomic E-state index is 0.0787. The van der Waals surface area contributed by atoms with E-state index >= 15 is 0 Å². The summed E-state index contributed by atoms with van der Waals surface area (Å²) in [5.74, 6) is -0.351.